The summed E-state index contributed by atoms with van der Waals surface area (Å²) in [5, 5.41) is 9.76. The number of carboxylic acids is 1. The average Bonchev–Trinajstić information content (AvgIpc) is 2.36. The number of methoxy groups -OCH3 is 1. The molecule has 1 unspecified atom stereocenters. The Balaban J connectivity index is 2.51. The highest BCUT2D eigenvalue weighted by Gasteiger charge is 2.17. The molecular formula is C12H12N2O3. The minimum Gasteiger partial charge on any atom is -0.497 e. The van der Waals surface area contributed by atoms with Crippen LogP contribution in [0.5, 0.6) is 5.75 Å². The Labute approximate surface area is 98.1 Å². The summed E-state index contributed by atoms with van der Waals surface area (Å²) in [6, 6.07) is 5.41. The second-order valence-electron chi connectivity index (χ2n) is 3.71. The molecule has 0 bridgehead atoms. The van der Waals surface area contributed by atoms with Gasteiger partial charge in [-0.15, -0.1) is 0 Å². The second-order valence-corrected chi connectivity index (χ2v) is 3.71. The van der Waals surface area contributed by atoms with E-state index in [1.165, 1.54) is 0 Å². The summed E-state index contributed by atoms with van der Waals surface area (Å²) in [6.07, 6.45) is 1.62. The molecule has 1 aromatic heterocycles. The predicted octanol–water partition coefficient (Wildman–Crippen LogP) is 1.83. The molecule has 0 aliphatic rings. The molecule has 1 N–H and O–H groups in total. The third kappa shape index (κ3) is 2.18. The van der Waals surface area contributed by atoms with Crippen molar-refractivity contribution in [3.8, 4) is 5.75 Å². The highest BCUT2D eigenvalue weighted by molar-refractivity contribution is 5.80. The first kappa shape index (κ1) is 11.3. The van der Waals surface area contributed by atoms with Gasteiger partial charge in [0.25, 0.3) is 0 Å². The first-order valence-corrected chi connectivity index (χ1v) is 5.15. The van der Waals surface area contributed by atoms with E-state index in [9.17, 15) is 4.79 Å². The van der Waals surface area contributed by atoms with Crippen molar-refractivity contribution in [2.45, 2.75) is 12.8 Å². The van der Waals surface area contributed by atoms with Gasteiger partial charge in [-0.25, -0.2) is 9.97 Å². The molecule has 1 aromatic carbocycles. The lowest BCUT2D eigenvalue weighted by Gasteiger charge is -2.06. The standard InChI is InChI=1S/C12H12N2O3/c1-7(12(15)16)11-13-6-8-3-4-9(17-2)5-10(8)14-11/h3-7H,1-2H3,(H,15,16). The van der Waals surface area contributed by atoms with Crippen LogP contribution in [0.4, 0.5) is 0 Å². The molecule has 2 aromatic rings. The number of fused-ring (bicyclic) bond motifs is 1. The molecule has 0 aliphatic carbocycles. The van der Waals surface area contributed by atoms with Crippen molar-refractivity contribution in [3.05, 3.63) is 30.2 Å². The highest BCUT2D eigenvalue weighted by atomic mass is 16.5. The lowest BCUT2D eigenvalue weighted by atomic mass is 10.1. The van der Waals surface area contributed by atoms with Gasteiger partial charge >= 0.3 is 5.97 Å². The van der Waals surface area contributed by atoms with Crippen molar-refractivity contribution < 1.29 is 14.6 Å². The van der Waals surface area contributed by atoms with Gasteiger partial charge in [0.2, 0.25) is 0 Å². The lowest BCUT2D eigenvalue weighted by molar-refractivity contribution is -0.138. The monoisotopic (exact) mass is 232 g/mol. The van der Waals surface area contributed by atoms with Gasteiger partial charge in [-0.2, -0.15) is 0 Å². The quantitative estimate of drug-likeness (QED) is 0.873. The Hall–Kier alpha value is -2.17. The minimum absolute atomic E-state index is 0.304. The first-order chi connectivity index (χ1) is 8.11. The molecule has 0 spiro atoms. The fraction of sp³-hybridized carbons (Fsp3) is 0.250. The number of carboxylic acid groups (broad SMARTS) is 1. The Bertz CT molecular complexity index is 569. The van der Waals surface area contributed by atoms with Crippen molar-refractivity contribution in [2.75, 3.05) is 7.11 Å². The minimum atomic E-state index is -0.938. The molecule has 1 heterocycles. The molecule has 88 valence electrons. The van der Waals surface area contributed by atoms with Crippen LogP contribution in [0.1, 0.15) is 18.7 Å². The van der Waals surface area contributed by atoms with E-state index < -0.39 is 11.9 Å². The SMILES string of the molecule is COc1ccc2cnc(C(C)C(=O)O)nc2c1. The van der Waals surface area contributed by atoms with Crippen molar-refractivity contribution in [2.24, 2.45) is 0 Å². The van der Waals surface area contributed by atoms with Gasteiger partial charge < -0.3 is 9.84 Å². The average molecular weight is 232 g/mol. The number of benzene rings is 1. The fourth-order valence-electron chi connectivity index (χ4n) is 1.46. The third-order valence-corrected chi connectivity index (χ3v) is 2.57. The normalized spacial score (nSPS) is 12.4. The number of nitrogens with zero attached hydrogens (tertiary/aromatic N) is 2. The zero-order valence-corrected chi connectivity index (χ0v) is 9.54. The van der Waals surface area contributed by atoms with Gasteiger partial charge in [-0.05, 0) is 19.1 Å². The molecule has 5 nitrogen and oxygen atoms in total. The summed E-state index contributed by atoms with van der Waals surface area (Å²) in [4.78, 5) is 19.1. The highest BCUT2D eigenvalue weighted by Crippen LogP contribution is 2.20. The van der Waals surface area contributed by atoms with Gasteiger partial charge in [-0.3, -0.25) is 4.79 Å². The topological polar surface area (TPSA) is 72.3 Å². The summed E-state index contributed by atoms with van der Waals surface area (Å²) in [6.45, 7) is 1.56. The zero-order valence-electron chi connectivity index (χ0n) is 9.54. The van der Waals surface area contributed by atoms with Crippen LogP contribution < -0.4 is 4.74 Å². The van der Waals surface area contributed by atoms with Crippen LogP contribution in [0.2, 0.25) is 0 Å². The Morgan fingerprint density at radius 2 is 2.24 bits per heavy atom. The summed E-state index contributed by atoms with van der Waals surface area (Å²) < 4.78 is 5.09. The molecule has 0 fully saturated rings. The summed E-state index contributed by atoms with van der Waals surface area (Å²) in [7, 11) is 1.57. The van der Waals surface area contributed by atoms with Crippen LogP contribution in [-0.4, -0.2) is 28.2 Å². The van der Waals surface area contributed by atoms with Gasteiger partial charge in [0.1, 0.15) is 17.5 Å². The van der Waals surface area contributed by atoms with Crippen LogP contribution in [-0.2, 0) is 4.79 Å². The van der Waals surface area contributed by atoms with Crippen LogP contribution in [0, 0.1) is 0 Å². The summed E-state index contributed by atoms with van der Waals surface area (Å²) in [5.74, 6) is -0.666. The van der Waals surface area contributed by atoms with Gasteiger partial charge in [-0.1, -0.05) is 0 Å². The Morgan fingerprint density at radius 3 is 2.88 bits per heavy atom. The Morgan fingerprint density at radius 1 is 1.47 bits per heavy atom. The lowest BCUT2D eigenvalue weighted by Crippen LogP contribution is -2.11. The molecule has 5 heteroatoms. The van der Waals surface area contributed by atoms with Gasteiger partial charge in [0.15, 0.2) is 0 Å². The second kappa shape index (κ2) is 4.37. The smallest absolute Gasteiger partial charge is 0.313 e. The van der Waals surface area contributed by atoms with Crippen molar-refractivity contribution in [3.63, 3.8) is 0 Å². The maximum atomic E-state index is 10.9. The van der Waals surface area contributed by atoms with Crippen LogP contribution in [0.3, 0.4) is 0 Å². The van der Waals surface area contributed by atoms with Crippen LogP contribution in [0.15, 0.2) is 24.4 Å². The number of carbonyl (C=O) groups is 1. The predicted molar refractivity (Wildman–Crippen MR) is 62.1 cm³/mol. The number of aromatic nitrogens is 2. The number of aliphatic carboxylic acids is 1. The molecular weight excluding hydrogens is 220 g/mol. The van der Waals surface area contributed by atoms with E-state index in [0.717, 1.165) is 5.39 Å². The number of hydrogen-bond acceptors (Lipinski definition) is 4. The molecule has 0 aliphatic heterocycles. The van der Waals surface area contributed by atoms with Gasteiger partial charge in [0.05, 0.1) is 12.6 Å². The van der Waals surface area contributed by atoms with E-state index in [2.05, 4.69) is 9.97 Å². The fourth-order valence-corrected chi connectivity index (χ4v) is 1.46. The Kier molecular flexibility index (Phi) is 2.91. The first-order valence-electron chi connectivity index (χ1n) is 5.15. The van der Waals surface area contributed by atoms with E-state index >= 15 is 0 Å². The van der Waals surface area contributed by atoms with E-state index in [1.807, 2.05) is 12.1 Å². The van der Waals surface area contributed by atoms with Crippen LogP contribution in [0.25, 0.3) is 10.9 Å². The molecule has 0 saturated heterocycles. The largest absolute Gasteiger partial charge is 0.497 e. The van der Waals surface area contributed by atoms with Crippen LogP contribution >= 0.6 is 0 Å². The molecule has 0 amide bonds. The molecule has 2 rings (SSSR count). The van der Waals surface area contributed by atoms with Crippen molar-refractivity contribution in [1.82, 2.24) is 9.97 Å². The third-order valence-electron chi connectivity index (χ3n) is 2.57. The van der Waals surface area contributed by atoms with E-state index in [0.29, 0.717) is 17.1 Å². The zero-order chi connectivity index (χ0) is 12.4. The van der Waals surface area contributed by atoms with Crippen molar-refractivity contribution in [1.29, 1.82) is 0 Å². The maximum absolute atomic E-state index is 10.9. The van der Waals surface area contributed by atoms with Crippen molar-refractivity contribution >= 4 is 16.9 Å². The maximum Gasteiger partial charge on any atom is 0.313 e. The summed E-state index contributed by atoms with van der Waals surface area (Å²) in [5.41, 5.74) is 0.683. The number of rotatable bonds is 3. The van der Waals surface area contributed by atoms with E-state index in [4.69, 9.17) is 9.84 Å². The number of hydrogen-bond donors (Lipinski definition) is 1. The number of ether oxygens (including phenoxy) is 1. The molecule has 1 atom stereocenters. The molecule has 0 saturated carbocycles. The van der Waals surface area contributed by atoms with Gasteiger partial charge in [0, 0.05) is 17.6 Å². The molecule has 17 heavy (non-hydrogen) atoms. The molecule has 0 radical (unpaired) electrons. The van der Waals surface area contributed by atoms with E-state index in [-0.39, 0.29) is 0 Å². The summed E-state index contributed by atoms with van der Waals surface area (Å²) >= 11 is 0. The van der Waals surface area contributed by atoms with E-state index in [1.54, 1.807) is 26.3 Å².